The molecule has 0 unspecified atom stereocenters. The molecule has 1 aliphatic rings. The highest BCUT2D eigenvalue weighted by atomic mass is 35.5. The van der Waals surface area contributed by atoms with Crippen LogP contribution in [0.4, 0.5) is 11.4 Å². The molecular formula is C20H22Cl2N2O4S. The summed E-state index contributed by atoms with van der Waals surface area (Å²) in [6.45, 7) is 2.12. The van der Waals surface area contributed by atoms with Crippen molar-refractivity contribution < 1.29 is 17.9 Å². The highest BCUT2D eigenvalue weighted by Gasteiger charge is 2.26. The molecule has 9 heteroatoms. The highest BCUT2D eigenvalue weighted by molar-refractivity contribution is 7.92. The fourth-order valence-corrected chi connectivity index (χ4v) is 5.31. The minimum atomic E-state index is -3.33. The lowest BCUT2D eigenvalue weighted by Crippen LogP contribution is -2.37. The van der Waals surface area contributed by atoms with Gasteiger partial charge in [0.15, 0.2) is 6.61 Å². The van der Waals surface area contributed by atoms with E-state index < -0.39 is 10.0 Å². The summed E-state index contributed by atoms with van der Waals surface area (Å²) in [6, 6.07) is 10.0. The molecule has 0 saturated heterocycles. The topological polar surface area (TPSA) is 75.7 Å². The van der Waals surface area contributed by atoms with Crippen LogP contribution in [0, 0.1) is 0 Å². The average molecular weight is 457 g/mol. The monoisotopic (exact) mass is 456 g/mol. The molecule has 0 radical (unpaired) electrons. The van der Waals surface area contributed by atoms with Crippen molar-refractivity contribution in [1.82, 2.24) is 0 Å². The normalized spacial score (nSPS) is 13.7. The minimum absolute atomic E-state index is 0.121. The van der Waals surface area contributed by atoms with E-state index in [1.807, 2.05) is 13.0 Å². The molecule has 1 heterocycles. The predicted octanol–water partition coefficient (Wildman–Crippen LogP) is 4.50. The number of amides is 1. The molecular weight excluding hydrogens is 435 g/mol. The Bertz CT molecular complexity index is 1010. The van der Waals surface area contributed by atoms with E-state index in [9.17, 15) is 13.2 Å². The fourth-order valence-electron chi connectivity index (χ4n) is 3.23. The van der Waals surface area contributed by atoms with Gasteiger partial charge in [-0.1, -0.05) is 30.1 Å². The molecule has 0 bridgehead atoms. The van der Waals surface area contributed by atoms with E-state index in [1.54, 1.807) is 24.3 Å². The number of carbonyl (C=O) groups is 1. The first-order valence-electron chi connectivity index (χ1n) is 9.31. The van der Waals surface area contributed by atoms with Gasteiger partial charge in [0, 0.05) is 17.3 Å². The second kappa shape index (κ2) is 9.24. The maximum Gasteiger partial charge on any atom is 0.262 e. The van der Waals surface area contributed by atoms with E-state index in [2.05, 4.69) is 5.32 Å². The third-order valence-corrected chi connectivity index (χ3v) is 7.00. The minimum Gasteiger partial charge on any atom is -0.482 e. The van der Waals surface area contributed by atoms with E-state index in [0.29, 0.717) is 40.1 Å². The lowest BCUT2D eigenvalue weighted by molar-refractivity contribution is -0.118. The molecule has 0 atom stereocenters. The van der Waals surface area contributed by atoms with Crippen molar-refractivity contribution in [2.75, 3.05) is 28.5 Å². The number of anilines is 2. The quantitative estimate of drug-likeness (QED) is 0.664. The second-order valence-electron chi connectivity index (χ2n) is 6.75. The van der Waals surface area contributed by atoms with Gasteiger partial charge in [-0.3, -0.25) is 9.10 Å². The first-order chi connectivity index (χ1) is 13.8. The van der Waals surface area contributed by atoms with Crippen LogP contribution in [0.1, 0.15) is 25.3 Å². The number of hydrogen-bond acceptors (Lipinski definition) is 4. The van der Waals surface area contributed by atoms with Crippen LogP contribution < -0.4 is 14.4 Å². The molecule has 0 fully saturated rings. The first kappa shape index (κ1) is 21.7. The van der Waals surface area contributed by atoms with E-state index >= 15 is 0 Å². The molecule has 0 spiro atoms. The zero-order valence-electron chi connectivity index (χ0n) is 16.0. The van der Waals surface area contributed by atoms with E-state index in [-0.39, 0.29) is 18.3 Å². The standard InChI is InChI=1S/C20H22Cl2N2O4S/c1-2-10-29(26,27)24-9-3-4-14-11-16(6-7-18(14)24)23-20(25)13-28-19-8-5-15(21)12-17(19)22/h5-8,11-12H,2-4,9-10,13H2,1H3,(H,23,25). The fraction of sp³-hybridized carbons (Fsp3) is 0.350. The second-order valence-corrected chi connectivity index (χ2v) is 9.60. The van der Waals surface area contributed by atoms with Crippen LogP contribution >= 0.6 is 23.2 Å². The third-order valence-electron chi connectivity index (χ3n) is 4.49. The van der Waals surface area contributed by atoms with Crippen LogP contribution in [-0.2, 0) is 21.2 Å². The van der Waals surface area contributed by atoms with Crippen molar-refractivity contribution in [2.45, 2.75) is 26.2 Å². The Balaban J connectivity index is 1.67. The van der Waals surface area contributed by atoms with Gasteiger partial charge in [-0.2, -0.15) is 0 Å². The Kier molecular flexibility index (Phi) is 6.93. The molecule has 2 aromatic carbocycles. The summed E-state index contributed by atoms with van der Waals surface area (Å²) >= 11 is 11.9. The maximum atomic E-state index is 12.5. The highest BCUT2D eigenvalue weighted by Crippen LogP contribution is 2.32. The summed E-state index contributed by atoms with van der Waals surface area (Å²) in [5.41, 5.74) is 2.18. The van der Waals surface area contributed by atoms with E-state index in [0.717, 1.165) is 18.4 Å². The number of fused-ring (bicyclic) bond motifs is 1. The predicted molar refractivity (Wildman–Crippen MR) is 117 cm³/mol. The SMILES string of the molecule is CCCS(=O)(=O)N1CCCc2cc(NC(=O)COc3ccc(Cl)cc3Cl)ccc21. The molecule has 1 amide bonds. The van der Waals surface area contributed by atoms with Gasteiger partial charge in [-0.05, 0) is 61.2 Å². The molecule has 2 aromatic rings. The number of hydrogen-bond donors (Lipinski definition) is 1. The number of rotatable bonds is 7. The number of ether oxygens (including phenoxy) is 1. The maximum absolute atomic E-state index is 12.5. The van der Waals surface area contributed by atoms with E-state index in [4.69, 9.17) is 27.9 Å². The Hall–Kier alpha value is -1.96. The summed E-state index contributed by atoms with van der Waals surface area (Å²) in [6.07, 6.45) is 2.07. The lowest BCUT2D eigenvalue weighted by atomic mass is 10.0. The molecule has 0 aromatic heterocycles. The molecule has 1 aliphatic heterocycles. The number of nitrogens with zero attached hydrogens (tertiary/aromatic N) is 1. The zero-order valence-corrected chi connectivity index (χ0v) is 18.3. The van der Waals surface area contributed by atoms with Crippen molar-refractivity contribution in [2.24, 2.45) is 0 Å². The molecule has 0 saturated carbocycles. The van der Waals surface area contributed by atoms with Gasteiger partial charge in [-0.25, -0.2) is 8.42 Å². The van der Waals surface area contributed by atoms with Crippen molar-refractivity contribution in [3.05, 3.63) is 52.0 Å². The van der Waals surface area contributed by atoms with Crippen LogP contribution in [0.25, 0.3) is 0 Å². The molecule has 156 valence electrons. The number of sulfonamides is 1. The first-order valence-corrected chi connectivity index (χ1v) is 11.7. The van der Waals surface area contributed by atoms with Crippen molar-refractivity contribution in [3.8, 4) is 5.75 Å². The largest absolute Gasteiger partial charge is 0.482 e. The Morgan fingerprint density at radius 1 is 1.21 bits per heavy atom. The van der Waals surface area contributed by atoms with Crippen molar-refractivity contribution in [1.29, 1.82) is 0 Å². The molecule has 29 heavy (non-hydrogen) atoms. The van der Waals surface area contributed by atoms with E-state index in [1.165, 1.54) is 10.4 Å². The third kappa shape index (κ3) is 5.35. The summed E-state index contributed by atoms with van der Waals surface area (Å²) in [5, 5.41) is 3.58. The van der Waals surface area contributed by atoms with Gasteiger partial charge in [0.2, 0.25) is 10.0 Å². The lowest BCUT2D eigenvalue weighted by Gasteiger charge is -2.30. The van der Waals surface area contributed by atoms with Gasteiger partial charge in [-0.15, -0.1) is 0 Å². The Morgan fingerprint density at radius 2 is 2.00 bits per heavy atom. The smallest absolute Gasteiger partial charge is 0.262 e. The Morgan fingerprint density at radius 3 is 2.72 bits per heavy atom. The van der Waals surface area contributed by atoms with Gasteiger partial charge < -0.3 is 10.1 Å². The number of nitrogens with one attached hydrogen (secondary N) is 1. The van der Waals surface area contributed by atoms with Gasteiger partial charge in [0.1, 0.15) is 5.75 Å². The number of halogens is 2. The van der Waals surface area contributed by atoms with Gasteiger partial charge in [0.05, 0.1) is 16.5 Å². The van der Waals surface area contributed by atoms with Gasteiger partial charge in [0.25, 0.3) is 5.91 Å². The number of carbonyl (C=O) groups excluding carboxylic acids is 1. The van der Waals surface area contributed by atoms with Crippen LogP contribution in [-0.4, -0.2) is 33.2 Å². The Labute approximate surface area is 180 Å². The average Bonchev–Trinajstić information content (AvgIpc) is 2.66. The van der Waals surface area contributed by atoms with Crippen molar-refractivity contribution >= 4 is 50.5 Å². The molecule has 3 rings (SSSR count). The molecule has 6 nitrogen and oxygen atoms in total. The summed E-state index contributed by atoms with van der Waals surface area (Å²) < 4.78 is 31.9. The summed E-state index contributed by atoms with van der Waals surface area (Å²) in [7, 11) is -3.33. The van der Waals surface area contributed by atoms with Crippen LogP contribution in [0.2, 0.25) is 10.0 Å². The van der Waals surface area contributed by atoms with Crippen LogP contribution in [0.5, 0.6) is 5.75 Å². The summed E-state index contributed by atoms with van der Waals surface area (Å²) in [4.78, 5) is 12.2. The molecule has 0 aliphatic carbocycles. The summed E-state index contributed by atoms with van der Waals surface area (Å²) in [5.74, 6) is 0.144. The number of benzene rings is 2. The van der Waals surface area contributed by atoms with Crippen LogP contribution in [0.3, 0.4) is 0 Å². The zero-order chi connectivity index (χ0) is 21.0. The molecule has 1 N–H and O–H groups in total. The number of aryl methyl sites for hydroxylation is 1. The van der Waals surface area contributed by atoms with Crippen molar-refractivity contribution in [3.63, 3.8) is 0 Å². The van der Waals surface area contributed by atoms with Gasteiger partial charge >= 0.3 is 0 Å². The van der Waals surface area contributed by atoms with Crippen LogP contribution in [0.15, 0.2) is 36.4 Å².